The van der Waals surface area contributed by atoms with Gasteiger partial charge in [0.05, 0.1) is 35.3 Å². The number of carbonyl (C=O) groups is 1. The van der Waals surface area contributed by atoms with Crippen LogP contribution in [0.15, 0.2) is 72.8 Å². The number of nitrogens with one attached hydrogen (secondary N) is 1. The number of para-hydroxylation sites is 2. The van der Waals surface area contributed by atoms with Crippen molar-refractivity contribution in [1.29, 1.82) is 0 Å². The Bertz CT molecular complexity index is 1570. The van der Waals surface area contributed by atoms with Crippen molar-refractivity contribution < 1.29 is 35.9 Å². The fourth-order valence-corrected chi connectivity index (χ4v) is 5.87. The maximum absolute atomic E-state index is 13.7. The molecule has 1 aromatic heterocycles. The minimum absolute atomic E-state index is 0.0378. The molecule has 1 amide bonds. The highest BCUT2D eigenvalue weighted by Gasteiger charge is 2.39. The van der Waals surface area contributed by atoms with E-state index in [0.29, 0.717) is 57.7 Å². The molecule has 6 nitrogen and oxygen atoms in total. The van der Waals surface area contributed by atoms with Gasteiger partial charge in [-0.3, -0.25) is 4.79 Å². The summed E-state index contributed by atoms with van der Waals surface area (Å²) in [6, 6.07) is 17.6. The van der Waals surface area contributed by atoms with Gasteiger partial charge in [0.15, 0.2) is 0 Å². The Balaban J connectivity index is 1.38. The monoisotopic (exact) mass is 632 g/mol. The van der Waals surface area contributed by atoms with Crippen LogP contribution in [0.4, 0.5) is 26.3 Å². The van der Waals surface area contributed by atoms with Gasteiger partial charge in [0.25, 0.3) is 5.91 Å². The second kappa shape index (κ2) is 13.6. The van der Waals surface area contributed by atoms with Crippen LogP contribution in [0.5, 0.6) is 0 Å². The number of benzene rings is 3. The van der Waals surface area contributed by atoms with Crippen molar-refractivity contribution in [2.75, 3.05) is 19.8 Å². The van der Waals surface area contributed by atoms with E-state index >= 15 is 0 Å². The summed E-state index contributed by atoms with van der Waals surface area (Å²) in [4.78, 5) is 19.9. The van der Waals surface area contributed by atoms with Crippen molar-refractivity contribution in [3.63, 3.8) is 0 Å². The zero-order valence-corrected chi connectivity index (χ0v) is 24.7. The van der Waals surface area contributed by atoms with Gasteiger partial charge in [0, 0.05) is 37.3 Å². The third kappa shape index (κ3) is 7.85. The summed E-state index contributed by atoms with van der Waals surface area (Å²) in [6.07, 6.45) is -8.79. The van der Waals surface area contributed by atoms with Crippen LogP contribution in [0.1, 0.15) is 52.6 Å². The normalized spacial score (nSPS) is 17.6. The molecule has 45 heavy (non-hydrogen) atoms. The number of halogens is 6. The summed E-state index contributed by atoms with van der Waals surface area (Å²) in [6.45, 7) is 4.26. The van der Waals surface area contributed by atoms with Crippen LogP contribution in [-0.4, -0.2) is 52.2 Å². The lowest BCUT2D eigenvalue weighted by molar-refractivity contribution is -0.143. The van der Waals surface area contributed by atoms with E-state index < -0.39 is 41.0 Å². The molecular weight excluding hydrogens is 598 g/mol. The predicted octanol–water partition coefficient (Wildman–Crippen LogP) is 7.12. The van der Waals surface area contributed by atoms with Gasteiger partial charge >= 0.3 is 12.4 Å². The van der Waals surface area contributed by atoms with Crippen molar-refractivity contribution in [1.82, 2.24) is 19.8 Å². The Morgan fingerprint density at radius 1 is 0.956 bits per heavy atom. The number of rotatable bonds is 10. The summed E-state index contributed by atoms with van der Waals surface area (Å²) >= 11 is 0. The average molecular weight is 633 g/mol. The molecule has 1 aliphatic rings. The average Bonchev–Trinajstić information content (AvgIpc) is 3.36. The van der Waals surface area contributed by atoms with E-state index in [1.165, 1.54) is 4.90 Å². The minimum atomic E-state index is -5.05. The van der Waals surface area contributed by atoms with Crippen LogP contribution >= 0.6 is 0 Å². The van der Waals surface area contributed by atoms with Crippen molar-refractivity contribution in [2.45, 2.75) is 63.7 Å². The minimum Gasteiger partial charge on any atom is -0.380 e. The first-order valence-electron chi connectivity index (χ1n) is 14.8. The second-order valence-corrected chi connectivity index (χ2v) is 11.1. The molecule has 3 aromatic carbocycles. The van der Waals surface area contributed by atoms with Crippen LogP contribution in [0.3, 0.4) is 0 Å². The molecule has 12 heteroatoms. The molecule has 1 fully saturated rings. The molecule has 5 rings (SSSR count). The van der Waals surface area contributed by atoms with E-state index in [0.717, 1.165) is 22.4 Å². The molecule has 1 aliphatic heterocycles. The fourth-order valence-electron chi connectivity index (χ4n) is 5.87. The lowest BCUT2D eigenvalue weighted by Crippen LogP contribution is -2.51. The first-order valence-corrected chi connectivity index (χ1v) is 14.8. The zero-order chi connectivity index (χ0) is 32.2. The van der Waals surface area contributed by atoms with Gasteiger partial charge in [-0.2, -0.15) is 26.3 Å². The van der Waals surface area contributed by atoms with Crippen molar-refractivity contribution in [3.05, 3.63) is 101 Å². The molecule has 1 N–H and O–H groups in total. The molecule has 2 unspecified atom stereocenters. The van der Waals surface area contributed by atoms with Crippen LogP contribution < -0.4 is 5.32 Å². The van der Waals surface area contributed by atoms with E-state index in [2.05, 4.69) is 9.88 Å². The highest BCUT2D eigenvalue weighted by molar-refractivity contribution is 5.95. The van der Waals surface area contributed by atoms with Crippen LogP contribution in [0, 0.1) is 0 Å². The molecule has 1 saturated heterocycles. The summed E-state index contributed by atoms with van der Waals surface area (Å²) in [5, 5.41) is 3.54. The first kappa shape index (κ1) is 32.5. The first-order chi connectivity index (χ1) is 21.4. The zero-order valence-electron chi connectivity index (χ0n) is 24.7. The molecule has 240 valence electrons. The fraction of sp³-hybridized carbons (Fsp3) is 0.394. The number of hydrogen-bond donors (Lipinski definition) is 1. The number of alkyl halides is 6. The number of imidazole rings is 1. The van der Waals surface area contributed by atoms with Gasteiger partial charge in [0.2, 0.25) is 0 Å². The molecule has 0 saturated carbocycles. The number of nitrogens with zero attached hydrogens (tertiary/aromatic N) is 3. The predicted molar refractivity (Wildman–Crippen MR) is 158 cm³/mol. The summed E-state index contributed by atoms with van der Waals surface area (Å²) in [5.41, 5.74) is -0.917. The van der Waals surface area contributed by atoms with Crippen LogP contribution in [0.2, 0.25) is 0 Å². The molecule has 2 atom stereocenters. The van der Waals surface area contributed by atoms with Gasteiger partial charge in [-0.15, -0.1) is 0 Å². The van der Waals surface area contributed by atoms with Crippen LogP contribution in [-0.2, 0) is 36.6 Å². The molecule has 0 aliphatic carbocycles. The molecule has 4 aromatic rings. The Labute approximate surface area is 257 Å². The maximum atomic E-state index is 13.7. The molecule has 2 heterocycles. The Kier molecular flexibility index (Phi) is 9.83. The number of amides is 1. The SMILES string of the molecule is CCOCCn1c(CNC2CCN(C(=O)c3cc(C(F)(F)F)cc(C(F)(F)F)c3)C(Cc3ccccc3)C2)nc2ccccc21. The van der Waals surface area contributed by atoms with Gasteiger partial charge in [-0.05, 0) is 62.1 Å². The lowest BCUT2D eigenvalue weighted by Gasteiger charge is -2.40. The lowest BCUT2D eigenvalue weighted by atomic mass is 9.91. The van der Waals surface area contributed by atoms with E-state index in [1.54, 1.807) is 0 Å². The van der Waals surface area contributed by atoms with Crippen LogP contribution in [0.25, 0.3) is 11.0 Å². The topological polar surface area (TPSA) is 59.4 Å². The van der Waals surface area contributed by atoms with Gasteiger partial charge in [-0.25, -0.2) is 4.98 Å². The van der Waals surface area contributed by atoms with Crippen molar-refractivity contribution >= 4 is 16.9 Å². The highest BCUT2D eigenvalue weighted by Crippen LogP contribution is 2.37. The van der Waals surface area contributed by atoms with Crippen molar-refractivity contribution in [2.24, 2.45) is 0 Å². The second-order valence-electron chi connectivity index (χ2n) is 11.1. The maximum Gasteiger partial charge on any atom is 0.416 e. The van der Waals surface area contributed by atoms with Gasteiger partial charge < -0.3 is 19.5 Å². The quantitative estimate of drug-likeness (QED) is 0.150. The largest absolute Gasteiger partial charge is 0.416 e. The molecule has 0 spiro atoms. The number of fused-ring (bicyclic) bond motifs is 1. The highest BCUT2D eigenvalue weighted by atomic mass is 19.4. The van der Waals surface area contributed by atoms with E-state index in [9.17, 15) is 31.1 Å². The molecule has 0 bridgehead atoms. The summed E-state index contributed by atoms with van der Waals surface area (Å²) < 4.78 is 89.0. The van der Waals surface area contributed by atoms with Gasteiger partial charge in [-0.1, -0.05) is 42.5 Å². The summed E-state index contributed by atoms with van der Waals surface area (Å²) in [7, 11) is 0. The Morgan fingerprint density at radius 3 is 2.29 bits per heavy atom. The molecule has 0 radical (unpaired) electrons. The number of likely N-dealkylation sites (tertiary alicyclic amines) is 1. The van der Waals surface area contributed by atoms with E-state index in [-0.39, 0.29) is 18.7 Å². The number of carbonyl (C=O) groups excluding carboxylic acids is 1. The van der Waals surface area contributed by atoms with E-state index in [4.69, 9.17) is 9.72 Å². The standard InChI is InChI=1S/C33H34F6N4O2/c1-2-45-15-14-43-29-11-7-6-10-28(29)41-30(43)21-40-26-12-13-42(27(20-26)16-22-8-4-3-5-9-22)31(44)23-17-24(32(34,35)36)19-25(18-23)33(37,38)39/h3-11,17-19,26-27,40H,2,12-16,20-21H2,1H3. The number of piperidine rings is 1. The smallest absolute Gasteiger partial charge is 0.380 e. The third-order valence-corrected chi connectivity index (χ3v) is 8.07. The number of hydrogen-bond acceptors (Lipinski definition) is 4. The van der Waals surface area contributed by atoms with E-state index in [1.807, 2.05) is 61.5 Å². The number of aromatic nitrogens is 2. The Hall–Kier alpha value is -3.90. The Morgan fingerprint density at radius 2 is 1.62 bits per heavy atom. The number of ether oxygens (including phenoxy) is 1. The summed E-state index contributed by atoms with van der Waals surface area (Å²) in [5.74, 6) is -0.0404. The third-order valence-electron chi connectivity index (χ3n) is 8.07. The van der Waals surface area contributed by atoms with Gasteiger partial charge in [0.1, 0.15) is 5.82 Å². The van der Waals surface area contributed by atoms with Crippen molar-refractivity contribution in [3.8, 4) is 0 Å². The molecular formula is C33H34F6N4O2.